The van der Waals surface area contributed by atoms with Gasteiger partial charge in [-0.15, -0.1) is 0 Å². The van der Waals surface area contributed by atoms with Gasteiger partial charge in [-0.3, -0.25) is 0 Å². The Morgan fingerprint density at radius 3 is 3.00 bits per heavy atom. The zero-order valence-electron chi connectivity index (χ0n) is 18.2. The standard InChI is InChI=1S/C23H24IN7OS/c1-26-5-3-16-7-18-17(10-28-31(23(25)33)12-15-4-6-32-13-15)8-21(22-11-27-14-30(22)2)29-20(18)9-19(16)24/h7-11,14-15H,3-6,12-13H2,2H3,(H2,25,33). The number of pyridine rings is 1. The summed E-state index contributed by atoms with van der Waals surface area (Å²) in [7, 11) is 1.94. The summed E-state index contributed by atoms with van der Waals surface area (Å²) in [6.45, 7) is 9.67. The first-order valence-corrected chi connectivity index (χ1v) is 12.1. The SMILES string of the molecule is [C-]#[N+]CCc1cc2c(C=NN(CC3CCOC3)C(N)=S)cc(-c3cncn3C)nc2cc1I. The lowest BCUT2D eigenvalue weighted by atomic mass is 10.0. The number of halogens is 1. The average Bonchev–Trinajstić information content (AvgIpc) is 3.46. The third kappa shape index (κ3) is 5.48. The van der Waals surface area contributed by atoms with Crippen LogP contribution in [0.4, 0.5) is 0 Å². The second-order valence-corrected chi connectivity index (χ2v) is 9.55. The molecule has 1 saturated heterocycles. The van der Waals surface area contributed by atoms with Crippen LogP contribution in [0.5, 0.6) is 0 Å². The molecule has 2 aromatic heterocycles. The van der Waals surface area contributed by atoms with Gasteiger partial charge in [0.05, 0.1) is 42.3 Å². The van der Waals surface area contributed by atoms with Gasteiger partial charge in [0, 0.05) is 47.1 Å². The maximum absolute atomic E-state index is 7.14. The van der Waals surface area contributed by atoms with Crippen LogP contribution in [-0.2, 0) is 18.2 Å². The van der Waals surface area contributed by atoms with Crippen molar-refractivity contribution in [1.29, 1.82) is 0 Å². The number of fused-ring (bicyclic) bond motifs is 1. The molecule has 4 rings (SSSR count). The molecule has 170 valence electrons. The van der Waals surface area contributed by atoms with E-state index in [1.54, 1.807) is 23.7 Å². The molecule has 1 aliphatic rings. The van der Waals surface area contributed by atoms with Gasteiger partial charge in [0.1, 0.15) is 0 Å². The van der Waals surface area contributed by atoms with Crippen molar-refractivity contribution in [3.05, 3.63) is 56.8 Å². The van der Waals surface area contributed by atoms with Crippen LogP contribution in [0.15, 0.2) is 35.8 Å². The van der Waals surface area contributed by atoms with Crippen molar-refractivity contribution in [2.24, 2.45) is 23.8 Å². The predicted molar refractivity (Wildman–Crippen MR) is 142 cm³/mol. The minimum absolute atomic E-state index is 0.232. The molecule has 3 heterocycles. The normalized spacial score (nSPS) is 15.8. The van der Waals surface area contributed by atoms with Crippen LogP contribution in [0.3, 0.4) is 0 Å². The highest BCUT2D eigenvalue weighted by Gasteiger charge is 2.20. The third-order valence-electron chi connectivity index (χ3n) is 5.63. The van der Waals surface area contributed by atoms with E-state index < -0.39 is 0 Å². The zero-order chi connectivity index (χ0) is 23.4. The molecular weight excluding hydrogens is 549 g/mol. The van der Waals surface area contributed by atoms with Crippen molar-refractivity contribution in [2.45, 2.75) is 12.8 Å². The van der Waals surface area contributed by atoms with Crippen LogP contribution in [0.25, 0.3) is 27.1 Å². The van der Waals surface area contributed by atoms with Gasteiger partial charge in [0.25, 0.3) is 0 Å². The number of hydrogen-bond donors (Lipinski definition) is 1. The fraction of sp³-hybridized carbons (Fsp3) is 0.348. The number of imidazole rings is 1. The molecule has 0 aliphatic carbocycles. The van der Waals surface area contributed by atoms with Crippen molar-refractivity contribution < 1.29 is 4.74 Å². The lowest BCUT2D eigenvalue weighted by Crippen LogP contribution is -2.35. The van der Waals surface area contributed by atoms with Crippen LogP contribution in [-0.4, -0.2) is 57.2 Å². The highest BCUT2D eigenvalue weighted by molar-refractivity contribution is 14.1. The summed E-state index contributed by atoms with van der Waals surface area (Å²) in [5.41, 5.74) is 10.6. The second-order valence-electron chi connectivity index (χ2n) is 7.97. The number of nitrogens with zero attached hydrogens (tertiary/aromatic N) is 6. The number of hydrogen-bond acceptors (Lipinski definition) is 5. The van der Waals surface area contributed by atoms with E-state index >= 15 is 0 Å². The Morgan fingerprint density at radius 2 is 2.33 bits per heavy atom. The number of aromatic nitrogens is 3. The van der Waals surface area contributed by atoms with Gasteiger partial charge in [-0.2, -0.15) is 5.10 Å². The van der Waals surface area contributed by atoms with Gasteiger partial charge in [-0.1, -0.05) is 0 Å². The first-order chi connectivity index (χ1) is 16.0. The van der Waals surface area contributed by atoms with Crippen molar-refractivity contribution in [3.63, 3.8) is 0 Å². The summed E-state index contributed by atoms with van der Waals surface area (Å²) in [5.74, 6) is 0.352. The Bertz CT molecular complexity index is 1240. The number of benzene rings is 1. The van der Waals surface area contributed by atoms with Crippen molar-refractivity contribution in [2.75, 3.05) is 26.3 Å². The van der Waals surface area contributed by atoms with Gasteiger partial charge in [-0.25, -0.2) is 21.5 Å². The van der Waals surface area contributed by atoms with E-state index in [4.69, 9.17) is 34.2 Å². The molecule has 1 fully saturated rings. The van der Waals surface area contributed by atoms with Gasteiger partial charge in [0.2, 0.25) is 6.54 Å². The minimum atomic E-state index is 0.232. The Labute approximate surface area is 211 Å². The molecule has 33 heavy (non-hydrogen) atoms. The number of rotatable bonds is 7. The zero-order valence-corrected chi connectivity index (χ0v) is 21.2. The number of aryl methyl sites for hydroxylation is 1. The second kappa shape index (κ2) is 10.5. The highest BCUT2D eigenvalue weighted by atomic mass is 127. The van der Waals surface area contributed by atoms with Crippen LogP contribution >= 0.6 is 34.8 Å². The Hall–Kier alpha value is -2.62. The molecule has 10 heteroatoms. The van der Waals surface area contributed by atoms with E-state index in [1.165, 1.54) is 0 Å². The fourth-order valence-electron chi connectivity index (χ4n) is 3.83. The molecule has 1 aliphatic heterocycles. The van der Waals surface area contributed by atoms with Crippen LogP contribution in [0.1, 0.15) is 17.5 Å². The Balaban J connectivity index is 1.78. The summed E-state index contributed by atoms with van der Waals surface area (Å²) >= 11 is 7.56. The summed E-state index contributed by atoms with van der Waals surface area (Å²) in [4.78, 5) is 12.6. The number of nitrogens with two attached hydrogens (primary N) is 1. The van der Waals surface area contributed by atoms with Gasteiger partial charge >= 0.3 is 0 Å². The minimum Gasteiger partial charge on any atom is -0.381 e. The number of ether oxygens (including phenoxy) is 1. The van der Waals surface area contributed by atoms with E-state index in [2.05, 4.69) is 49.7 Å². The smallest absolute Gasteiger partial charge is 0.218 e. The van der Waals surface area contributed by atoms with E-state index in [9.17, 15) is 0 Å². The molecule has 0 radical (unpaired) electrons. The number of hydrazone groups is 1. The monoisotopic (exact) mass is 573 g/mol. The van der Waals surface area contributed by atoms with Crippen LogP contribution in [0, 0.1) is 16.1 Å². The molecular formula is C23H24IN7OS. The molecule has 1 unspecified atom stereocenters. The Kier molecular flexibility index (Phi) is 7.52. The summed E-state index contributed by atoms with van der Waals surface area (Å²) in [5, 5.41) is 7.52. The van der Waals surface area contributed by atoms with E-state index in [1.807, 2.05) is 17.7 Å². The van der Waals surface area contributed by atoms with Gasteiger partial charge in [-0.05, 0) is 65.0 Å². The molecule has 2 N–H and O–H groups in total. The fourth-order valence-corrected chi connectivity index (χ4v) is 4.67. The maximum atomic E-state index is 7.14. The predicted octanol–water partition coefficient (Wildman–Crippen LogP) is 3.62. The van der Waals surface area contributed by atoms with E-state index in [0.29, 0.717) is 32.0 Å². The van der Waals surface area contributed by atoms with Crippen molar-refractivity contribution >= 4 is 57.0 Å². The van der Waals surface area contributed by atoms with Crippen molar-refractivity contribution in [1.82, 2.24) is 19.5 Å². The molecule has 1 atom stereocenters. The largest absolute Gasteiger partial charge is 0.381 e. The number of thiocarbonyl (C=S) groups is 1. The Morgan fingerprint density at radius 1 is 1.48 bits per heavy atom. The summed E-state index contributed by atoms with van der Waals surface area (Å²) in [6.07, 6.45) is 7.01. The van der Waals surface area contributed by atoms with Crippen LogP contribution in [0.2, 0.25) is 0 Å². The molecule has 8 nitrogen and oxygen atoms in total. The lowest BCUT2D eigenvalue weighted by Gasteiger charge is -2.20. The van der Waals surface area contributed by atoms with Gasteiger partial charge in [0.15, 0.2) is 5.11 Å². The first-order valence-electron chi connectivity index (χ1n) is 10.6. The van der Waals surface area contributed by atoms with Crippen molar-refractivity contribution in [3.8, 4) is 11.4 Å². The molecule has 0 bridgehead atoms. The lowest BCUT2D eigenvalue weighted by molar-refractivity contribution is 0.180. The third-order valence-corrected chi connectivity index (χ3v) is 6.84. The van der Waals surface area contributed by atoms with E-state index in [0.717, 1.165) is 50.0 Å². The highest BCUT2D eigenvalue weighted by Crippen LogP contribution is 2.28. The maximum Gasteiger partial charge on any atom is 0.218 e. The molecule has 0 saturated carbocycles. The topological polar surface area (TPSA) is 85.9 Å². The molecule has 0 spiro atoms. The molecule has 3 aromatic rings. The molecule has 0 amide bonds. The van der Waals surface area contributed by atoms with Crippen LogP contribution < -0.4 is 5.73 Å². The quantitative estimate of drug-likeness (QED) is 0.153. The van der Waals surface area contributed by atoms with Gasteiger partial charge < -0.3 is 19.9 Å². The average molecular weight is 573 g/mol. The summed E-state index contributed by atoms with van der Waals surface area (Å²) in [6, 6.07) is 6.18. The molecule has 1 aromatic carbocycles. The first kappa shape index (κ1) is 23.5. The summed E-state index contributed by atoms with van der Waals surface area (Å²) < 4.78 is 8.51. The van der Waals surface area contributed by atoms with E-state index in [-0.39, 0.29) is 5.11 Å².